The van der Waals surface area contributed by atoms with Gasteiger partial charge in [-0.3, -0.25) is 4.98 Å². The van der Waals surface area contributed by atoms with Gasteiger partial charge in [0.05, 0.1) is 13.2 Å². The number of hydrogen-bond donors (Lipinski definition) is 1. The monoisotopic (exact) mass is 228 g/mol. The van der Waals surface area contributed by atoms with E-state index in [2.05, 4.69) is 11.9 Å². The van der Waals surface area contributed by atoms with Gasteiger partial charge in [-0.2, -0.15) is 0 Å². The van der Waals surface area contributed by atoms with Gasteiger partial charge in [0.2, 0.25) is 0 Å². The van der Waals surface area contributed by atoms with Crippen molar-refractivity contribution < 1.29 is 4.74 Å². The SMILES string of the molecule is COc1cccnc1C(N)c1ccc(C)cc1. The number of methoxy groups -OCH3 is 1. The number of rotatable bonds is 3. The van der Waals surface area contributed by atoms with E-state index in [9.17, 15) is 0 Å². The fourth-order valence-corrected chi connectivity index (χ4v) is 1.74. The van der Waals surface area contributed by atoms with E-state index in [4.69, 9.17) is 10.5 Å². The van der Waals surface area contributed by atoms with Crippen LogP contribution in [0.5, 0.6) is 5.75 Å². The highest BCUT2D eigenvalue weighted by Gasteiger charge is 2.14. The summed E-state index contributed by atoms with van der Waals surface area (Å²) >= 11 is 0. The van der Waals surface area contributed by atoms with Gasteiger partial charge in [-0.1, -0.05) is 29.8 Å². The first-order chi connectivity index (χ1) is 8.22. The first kappa shape index (κ1) is 11.6. The molecule has 2 N–H and O–H groups in total. The summed E-state index contributed by atoms with van der Waals surface area (Å²) in [6.45, 7) is 2.05. The largest absolute Gasteiger partial charge is 0.495 e. The molecule has 0 aliphatic heterocycles. The van der Waals surface area contributed by atoms with E-state index in [1.54, 1.807) is 13.3 Å². The molecule has 0 radical (unpaired) electrons. The topological polar surface area (TPSA) is 48.1 Å². The molecule has 2 aromatic rings. The molecule has 0 saturated heterocycles. The van der Waals surface area contributed by atoms with Crippen LogP contribution in [0.1, 0.15) is 22.9 Å². The minimum Gasteiger partial charge on any atom is -0.495 e. The highest BCUT2D eigenvalue weighted by atomic mass is 16.5. The van der Waals surface area contributed by atoms with Gasteiger partial charge in [0.15, 0.2) is 0 Å². The molecule has 17 heavy (non-hydrogen) atoms. The predicted octanol–water partition coefficient (Wildman–Crippen LogP) is 2.45. The van der Waals surface area contributed by atoms with Crippen LogP contribution in [-0.4, -0.2) is 12.1 Å². The van der Waals surface area contributed by atoms with Crippen LogP contribution in [0, 0.1) is 6.92 Å². The smallest absolute Gasteiger partial charge is 0.142 e. The second-order valence-corrected chi connectivity index (χ2v) is 3.98. The van der Waals surface area contributed by atoms with Crippen molar-refractivity contribution in [3.63, 3.8) is 0 Å². The second-order valence-electron chi connectivity index (χ2n) is 3.98. The van der Waals surface area contributed by atoms with E-state index >= 15 is 0 Å². The molecule has 3 heteroatoms. The summed E-state index contributed by atoms with van der Waals surface area (Å²) in [5.74, 6) is 0.723. The fourth-order valence-electron chi connectivity index (χ4n) is 1.74. The van der Waals surface area contributed by atoms with Crippen LogP contribution in [0.3, 0.4) is 0 Å². The molecule has 1 heterocycles. The lowest BCUT2D eigenvalue weighted by Crippen LogP contribution is -2.14. The molecule has 2 rings (SSSR count). The molecule has 1 unspecified atom stereocenters. The lowest BCUT2D eigenvalue weighted by molar-refractivity contribution is 0.404. The molecule has 88 valence electrons. The number of aromatic nitrogens is 1. The van der Waals surface area contributed by atoms with E-state index in [0.717, 1.165) is 17.0 Å². The van der Waals surface area contributed by atoms with Gasteiger partial charge in [0, 0.05) is 6.20 Å². The summed E-state index contributed by atoms with van der Waals surface area (Å²) in [5, 5.41) is 0. The maximum atomic E-state index is 6.20. The Labute approximate surface area is 101 Å². The summed E-state index contributed by atoms with van der Waals surface area (Å²) in [7, 11) is 1.63. The van der Waals surface area contributed by atoms with Gasteiger partial charge in [0.25, 0.3) is 0 Å². The van der Waals surface area contributed by atoms with Crippen LogP contribution in [0.4, 0.5) is 0 Å². The number of benzene rings is 1. The minimum absolute atomic E-state index is 0.258. The van der Waals surface area contributed by atoms with Gasteiger partial charge in [0.1, 0.15) is 11.4 Å². The van der Waals surface area contributed by atoms with Gasteiger partial charge in [-0.05, 0) is 24.6 Å². The molecule has 0 fully saturated rings. The average Bonchev–Trinajstić information content (AvgIpc) is 2.39. The fraction of sp³-hybridized carbons (Fsp3) is 0.214. The molecule has 1 aromatic heterocycles. The molecule has 0 aliphatic carbocycles. The quantitative estimate of drug-likeness (QED) is 0.877. The zero-order valence-electron chi connectivity index (χ0n) is 10.1. The standard InChI is InChI=1S/C14H16N2O/c1-10-5-7-11(8-6-10)13(15)14-12(17-2)4-3-9-16-14/h3-9,13H,15H2,1-2H3. The number of nitrogens with zero attached hydrogens (tertiary/aromatic N) is 1. The maximum absolute atomic E-state index is 6.20. The molecule has 0 saturated carbocycles. The average molecular weight is 228 g/mol. The Morgan fingerprint density at radius 1 is 1.18 bits per heavy atom. The van der Waals surface area contributed by atoms with Crippen molar-refractivity contribution in [1.29, 1.82) is 0 Å². The van der Waals surface area contributed by atoms with Crippen molar-refractivity contribution in [3.05, 3.63) is 59.4 Å². The van der Waals surface area contributed by atoms with Crippen molar-refractivity contribution in [2.45, 2.75) is 13.0 Å². The Morgan fingerprint density at radius 3 is 2.53 bits per heavy atom. The summed E-state index contributed by atoms with van der Waals surface area (Å²) in [6.07, 6.45) is 1.73. The Balaban J connectivity index is 2.36. The molecule has 1 atom stereocenters. The van der Waals surface area contributed by atoms with E-state index in [0.29, 0.717) is 0 Å². The van der Waals surface area contributed by atoms with Gasteiger partial charge < -0.3 is 10.5 Å². The highest BCUT2D eigenvalue weighted by Crippen LogP contribution is 2.25. The van der Waals surface area contributed by atoms with Crippen molar-refractivity contribution in [3.8, 4) is 5.75 Å². The van der Waals surface area contributed by atoms with Crippen molar-refractivity contribution in [2.75, 3.05) is 7.11 Å². The van der Waals surface area contributed by atoms with Crippen LogP contribution >= 0.6 is 0 Å². The van der Waals surface area contributed by atoms with E-state index in [1.165, 1.54) is 5.56 Å². The molecule has 0 bridgehead atoms. The lowest BCUT2D eigenvalue weighted by atomic mass is 10.0. The summed E-state index contributed by atoms with van der Waals surface area (Å²) in [5.41, 5.74) is 9.21. The Kier molecular flexibility index (Phi) is 3.40. The van der Waals surface area contributed by atoms with Crippen LogP contribution in [0.25, 0.3) is 0 Å². The molecule has 3 nitrogen and oxygen atoms in total. The Morgan fingerprint density at radius 2 is 1.88 bits per heavy atom. The zero-order valence-corrected chi connectivity index (χ0v) is 10.1. The Bertz CT molecular complexity index is 494. The molecular formula is C14H16N2O. The van der Waals surface area contributed by atoms with Crippen molar-refractivity contribution in [2.24, 2.45) is 5.73 Å². The van der Waals surface area contributed by atoms with E-state index < -0.39 is 0 Å². The van der Waals surface area contributed by atoms with E-state index in [-0.39, 0.29) is 6.04 Å². The first-order valence-electron chi connectivity index (χ1n) is 5.53. The van der Waals surface area contributed by atoms with Gasteiger partial charge in [-0.15, -0.1) is 0 Å². The molecule has 0 amide bonds. The first-order valence-corrected chi connectivity index (χ1v) is 5.53. The van der Waals surface area contributed by atoms with Crippen LogP contribution < -0.4 is 10.5 Å². The number of hydrogen-bond acceptors (Lipinski definition) is 3. The number of pyridine rings is 1. The molecule has 0 spiro atoms. The molecular weight excluding hydrogens is 212 g/mol. The normalized spacial score (nSPS) is 12.2. The van der Waals surface area contributed by atoms with E-state index in [1.807, 2.05) is 36.4 Å². The highest BCUT2D eigenvalue weighted by molar-refractivity contribution is 5.37. The molecule has 0 aliphatic rings. The van der Waals surface area contributed by atoms with Gasteiger partial charge >= 0.3 is 0 Å². The number of ether oxygens (including phenoxy) is 1. The minimum atomic E-state index is -0.258. The summed E-state index contributed by atoms with van der Waals surface area (Å²) in [6, 6.07) is 11.6. The number of aryl methyl sites for hydroxylation is 1. The van der Waals surface area contributed by atoms with Crippen molar-refractivity contribution in [1.82, 2.24) is 4.98 Å². The van der Waals surface area contributed by atoms with Crippen LogP contribution in [0.2, 0.25) is 0 Å². The lowest BCUT2D eigenvalue weighted by Gasteiger charge is -2.14. The van der Waals surface area contributed by atoms with Crippen molar-refractivity contribution >= 4 is 0 Å². The second kappa shape index (κ2) is 4.97. The Hall–Kier alpha value is -1.87. The van der Waals surface area contributed by atoms with Crippen LogP contribution in [-0.2, 0) is 0 Å². The van der Waals surface area contributed by atoms with Gasteiger partial charge in [-0.25, -0.2) is 0 Å². The van der Waals surface area contributed by atoms with Crippen LogP contribution in [0.15, 0.2) is 42.6 Å². The molecule has 1 aromatic carbocycles. The summed E-state index contributed by atoms with van der Waals surface area (Å²) in [4.78, 5) is 4.30. The third kappa shape index (κ3) is 2.45. The summed E-state index contributed by atoms with van der Waals surface area (Å²) < 4.78 is 5.27. The zero-order chi connectivity index (χ0) is 12.3. The maximum Gasteiger partial charge on any atom is 0.142 e. The third-order valence-corrected chi connectivity index (χ3v) is 2.75. The number of nitrogens with two attached hydrogens (primary N) is 1. The third-order valence-electron chi connectivity index (χ3n) is 2.75. The predicted molar refractivity (Wildman–Crippen MR) is 68.0 cm³/mol.